The summed E-state index contributed by atoms with van der Waals surface area (Å²) in [4.78, 5) is 25.4. The average molecular weight is 381 g/mol. The number of halogens is 2. The number of benzene rings is 3. The predicted molar refractivity (Wildman–Crippen MR) is 106 cm³/mol. The number of anilines is 1. The van der Waals surface area contributed by atoms with Gasteiger partial charge in [0, 0.05) is 21.5 Å². The molecule has 1 N–H and O–H groups in total. The summed E-state index contributed by atoms with van der Waals surface area (Å²) in [6.07, 6.45) is 0. The molecule has 134 valence electrons. The van der Waals surface area contributed by atoms with E-state index in [0.29, 0.717) is 32.5 Å². The minimum absolute atomic E-state index is 0.0323. The highest BCUT2D eigenvalue weighted by Gasteiger charge is 2.13. The van der Waals surface area contributed by atoms with Crippen LogP contribution in [0, 0.1) is 5.82 Å². The molecule has 0 unspecified atom stereocenters. The van der Waals surface area contributed by atoms with Crippen molar-refractivity contribution >= 4 is 45.0 Å². The van der Waals surface area contributed by atoms with Crippen LogP contribution in [0.1, 0.15) is 0 Å². The van der Waals surface area contributed by atoms with E-state index >= 15 is 0 Å². The third-order valence-electron chi connectivity index (χ3n) is 4.34. The zero-order chi connectivity index (χ0) is 19.0. The summed E-state index contributed by atoms with van der Waals surface area (Å²) in [6.45, 7) is -0.0323. The van der Waals surface area contributed by atoms with Gasteiger partial charge in [0.1, 0.15) is 12.4 Å². The van der Waals surface area contributed by atoms with Crippen LogP contribution in [0.2, 0.25) is 5.02 Å². The van der Waals surface area contributed by atoms with E-state index in [2.05, 4.69) is 5.32 Å². The summed E-state index contributed by atoms with van der Waals surface area (Å²) in [5.41, 5.74) is 1.49. The Morgan fingerprint density at radius 3 is 2.56 bits per heavy atom. The Morgan fingerprint density at radius 2 is 1.74 bits per heavy atom. The summed E-state index contributed by atoms with van der Waals surface area (Å²) in [5.74, 6) is -0.757. The first-order chi connectivity index (χ1) is 13.0. The number of hydrogen-bond acceptors (Lipinski definition) is 2. The molecule has 1 heterocycles. The largest absolute Gasteiger partial charge is 0.331 e. The topological polar surface area (TPSA) is 51.1 Å². The number of pyridine rings is 1. The molecule has 0 atom stereocenters. The van der Waals surface area contributed by atoms with Gasteiger partial charge in [-0.1, -0.05) is 29.8 Å². The van der Waals surface area contributed by atoms with Crippen LogP contribution in [0.4, 0.5) is 10.1 Å². The summed E-state index contributed by atoms with van der Waals surface area (Å²) < 4.78 is 15.1. The SMILES string of the molecule is O=C(Cn1c2ccccc2c(=O)c2cc(Cl)ccc21)Nc1cccc(F)c1. The van der Waals surface area contributed by atoms with Crippen LogP contribution >= 0.6 is 11.6 Å². The minimum Gasteiger partial charge on any atom is -0.331 e. The third kappa shape index (κ3) is 3.29. The fraction of sp³-hybridized carbons (Fsp3) is 0.0476. The Morgan fingerprint density at radius 1 is 0.963 bits per heavy atom. The Hall–Kier alpha value is -3.18. The number of nitrogens with one attached hydrogen (secondary N) is 1. The van der Waals surface area contributed by atoms with E-state index in [1.165, 1.54) is 18.2 Å². The van der Waals surface area contributed by atoms with E-state index in [1.807, 2.05) is 6.07 Å². The van der Waals surface area contributed by atoms with Gasteiger partial charge >= 0.3 is 0 Å². The molecule has 0 fully saturated rings. The molecule has 6 heteroatoms. The van der Waals surface area contributed by atoms with Gasteiger partial charge < -0.3 is 9.88 Å². The van der Waals surface area contributed by atoms with E-state index in [-0.39, 0.29) is 17.9 Å². The molecule has 3 aromatic carbocycles. The van der Waals surface area contributed by atoms with Crippen LogP contribution in [0.25, 0.3) is 21.8 Å². The first-order valence-electron chi connectivity index (χ1n) is 8.29. The fourth-order valence-electron chi connectivity index (χ4n) is 3.18. The first-order valence-corrected chi connectivity index (χ1v) is 8.67. The maximum Gasteiger partial charge on any atom is 0.244 e. The van der Waals surface area contributed by atoms with Crippen LogP contribution in [0.5, 0.6) is 0 Å². The van der Waals surface area contributed by atoms with E-state index in [4.69, 9.17) is 11.6 Å². The minimum atomic E-state index is -0.429. The lowest BCUT2D eigenvalue weighted by atomic mass is 10.1. The molecule has 0 aliphatic heterocycles. The van der Waals surface area contributed by atoms with Crippen LogP contribution in [0.15, 0.2) is 71.5 Å². The number of para-hydroxylation sites is 1. The molecular weight excluding hydrogens is 367 g/mol. The van der Waals surface area contributed by atoms with Crippen molar-refractivity contribution in [3.63, 3.8) is 0 Å². The zero-order valence-corrected chi connectivity index (χ0v) is 14.8. The summed E-state index contributed by atoms with van der Waals surface area (Å²) in [7, 11) is 0. The molecule has 1 amide bonds. The second-order valence-electron chi connectivity index (χ2n) is 6.15. The Labute approximate surface area is 158 Å². The van der Waals surface area contributed by atoms with Crippen LogP contribution in [-0.2, 0) is 11.3 Å². The van der Waals surface area contributed by atoms with Gasteiger partial charge in [0.25, 0.3) is 0 Å². The van der Waals surface area contributed by atoms with Gasteiger partial charge in [-0.05, 0) is 48.5 Å². The predicted octanol–water partition coefficient (Wildman–Crippen LogP) is 4.59. The second-order valence-corrected chi connectivity index (χ2v) is 6.59. The molecule has 27 heavy (non-hydrogen) atoms. The molecule has 0 radical (unpaired) electrons. The summed E-state index contributed by atoms with van der Waals surface area (Å²) in [5, 5.41) is 4.08. The Bertz CT molecular complexity index is 1250. The molecule has 0 spiro atoms. The Kier molecular flexibility index (Phi) is 4.38. The maximum absolute atomic E-state index is 13.3. The number of carbonyl (C=O) groups is 1. The van der Waals surface area contributed by atoms with Crippen molar-refractivity contribution < 1.29 is 9.18 Å². The lowest BCUT2D eigenvalue weighted by Crippen LogP contribution is -2.21. The van der Waals surface area contributed by atoms with Gasteiger partial charge in [-0.15, -0.1) is 0 Å². The van der Waals surface area contributed by atoms with Crippen molar-refractivity contribution in [2.24, 2.45) is 0 Å². The highest BCUT2D eigenvalue weighted by molar-refractivity contribution is 6.31. The molecular formula is C21H14ClFN2O2. The number of nitrogens with zero attached hydrogens (tertiary/aromatic N) is 1. The van der Waals surface area contributed by atoms with E-state index < -0.39 is 5.82 Å². The fourth-order valence-corrected chi connectivity index (χ4v) is 3.35. The van der Waals surface area contributed by atoms with Crippen LogP contribution in [-0.4, -0.2) is 10.5 Å². The Balaban J connectivity index is 1.83. The number of amides is 1. The summed E-state index contributed by atoms with van der Waals surface area (Å²) >= 11 is 6.06. The molecule has 4 nitrogen and oxygen atoms in total. The van der Waals surface area contributed by atoms with Crippen molar-refractivity contribution in [1.29, 1.82) is 0 Å². The molecule has 4 rings (SSSR count). The number of carbonyl (C=O) groups excluding carboxylic acids is 1. The second kappa shape index (κ2) is 6.85. The van der Waals surface area contributed by atoms with Crippen molar-refractivity contribution in [1.82, 2.24) is 4.57 Å². The van der Waals surface area contributed by atoms with Gasteiger partial charge in [0.15, 0.2) is 5.43 Å². The monoisotopic (exact) mass is 380 g/mol. The summed E-state index contributed by atoms with van der Waals surface area (Å²) in [6, 6.07) is 17.8. The third-order valence-corrected chi connectivity index (χ3v) is 4.58. The quantitative estimate of drug-likeness (QED) is 0.529. The van der Waals surface area contributed by atoms with E-state index in [0.717, 1.165) is 0 Å². The molecule has 0 bridgehead atoms. The van der Waals surface area contributed by atoms with Crippen molar-refractivity contribution in [2.75, 3.05) is 5.32 Å². The molecule has 1 aromatic heterocycles. The molecule has 0 saturated carbocycles. The molecule has 0 aliphatic carbocycles. The molecule has 4 aromatic rings. The van der Waals surface area contributed by atoms with Gasteiger partial charge in [-0.2, -0.15) is 0 Å². The number of rotatable bonds is 3. The number of aromatic nitrogens is 1. The van der Waals surface area contributed by atoms with Crippen molar-refractivity contribution in [2.45, 2.75) is 6.54 Å². The van der Waals surface area contributed by atoms with Crippen LogP contribution < -0.4 is 10.7 Å². The van der Waals surface area contributed by atoms with Gasteiger partial charge in [0.05, 0.1) is 11.0 Å². The molecule has 0 saturated heterocycles. The van der Waals surface area contributed by atoms with Crippen molar-refractivity contribution in [3.8, 4) is 0 Å². The van der Waals surface area contributed by atoms with Crippen molar-refractivity contribution in [3.05, 3.63) is 87.8 Å². The van der Waals surface area contributed by atoms with E-state index in [1.54, 1.807) is 47.0 Å². The number of hydrogen-bond donors (Lipinski definition) is 1. The lowest BCUT2D eigenvalue weighted by Gasteiger charge is -2.15. The zero-order valence-electron chi connectivity index (χ0n) is 14.1. The van der Waals surface area contributed by atoms with Gasteiger partial charge in [-0.25, -0.2) is 4.39 Å². The normalized spacial score (nSPS) is 11.0. The number of fused-ring (bicyclic) bond motifs is 2. The molecule has 0 aliphatic rings. The van der Waals surface area contributed by atoms with Gasteiger partial charge in [0.2, 0.25) is 5.91 Å². The van der Waals surface area contributed by atoms with E-state index in [9.17, 15) is 14.0 Å². The highest BCUT2D eigenvalue weighted by atomic mass is 35.5. The first kappa shape index (κ1) is 17.2. The lowest BCUT2D eigenvalue weighted by molar-refractivity contribution is -0.116. The highest BCUT2D eigenvalue weighted by Crippen LogP contribution is 2.22. The van der Waals surface area contributed by atoms with Crippen LogP contribution in [0.3, 0.4) is 0 Å². The average Bonchev–Trinajstić information content (AvgIpc) is 2.65. The standard InChI is InChI=1S/C21H14ClFN2O2/c22-13-8-9-19-17(10-13)21(27)16-6-1-2-7-18(16)25(19)12-20(26)24-15-5-3-4-14(23)11-15/h1-11H,12H2,(H,24,26). The smallest absolute Gasteiger partial charge is 0.244 e. The maximum atomic E-state index is 13.3. The van der Waals surface area contributed by atoms with Gasteiger partial charge in [-0.3, -0.25) is 9.59 Å².